The van der Waals surface area contributed by atoms with E-state index < -0.39 is 20.0 Å². The highest BCUT2D eigenvalue weighted by Crippen LogP contribution is 2.19. The standard InChI is InChI=1S/C12H12N2O4S2/c1-19(15,16)13-11-7-8-12(14-20(2,17)18)10-6-4-3-5-9(10)11/h3-8H,1-2H3. The molecule has 0 saturated carbocycles. The first kappa shape index (κ1) is 14.6. The van der Waals surface area contributed by atoms with Gasteiger partial charge in [0.1, 0.15) is 0 Å². The molecule has 0 unspecified atom stereocenters. The van der Waals surface area contributed by atoms with Gasteiger partial charge in [0, 0.05) is 11.1 Å². The molecule has 8 heteroatoms. The number of benzene rings is 1. The van der Waals surface area contributed by atoms with Crippen LogP contribution in [0.5, 0.6) is 0 Å². The molecular weight excluding hydrogens is 300 g/mol. The van der Waals surface area contributed by atoms with Gasteiger partial charge in [-0.25, -0.2) is 16.8 Å². The summed E-state index contributed by atoms with van der Waals surface area (Å²) in [4.78, 5) is 0. The van der Waals surface area contributed by atoms with Crippen LogP contribution >= 0.6 is 0 Å². The Balaban J connectivity index is 2.69. The average Bonchev–Trinajstić information content (AvgIpc) is 2.29. The van der Waals surface area contributed by atoms with Gasteiger partial charge in [-0.3, -0.25) is 0 Å². The van der Waals surface area contributed by atoms with Crippen molar-refractivity contribution in [1.29, 1.82) is 0 Å². The van der Waals surface area contributed by atoms with Crippen molar-refractivity contribution >= 4 is 31.5 Å². The predicted octanol–water partition coefficient (Wildman–Crippen LogP) is 0.754. The monoisotopic (exact) mass is 312 g/mol. The van der Waals surface area contributed by atoms with E-state index in [0.29, 0.717) is 11.1 Å². The Bertz CT molecular complexity index is 776. The lowest BCUT2D eigenvalue weighted by Gasteiger charge is -2.13. The van der Waals surface area contributed by atoms with Crippen LogP contribution in [0, 0.1) is 0 Å². The van der Waals surface area contributed by atoms with E-state index in [2.05, 4.69) is 8.80 Å². The van der Waals surface area contributed by atoms with E-state index in [9.17, 15) is 16.8 Å². The summed E-state index contributed by atoms with van der Waals surface area (Å²) >= 11 is 0. The number of rotatable bonds is 2. The molecule has 0 aliphatic heterocycles. The minimum absolute atomic E-state index is 0.260. The molecule has 0 amide bonds. The van der Waals surface area contributed by atoms with E-state index in [1.807, 2.05) is 0 Å². The lowest BCUT2D eigenvalue weighted by molar-refractivity contribution is 0.602. The van der Waals surface area contributed by atoms with Crippen LogP contribution in [0.25, 0.3) is 0 Å². The summed E-state index contributed by atoms with van der Waals surface area (Å²) in [6.07, 6.45) is 4.87. The molecule has 6 nitrogen and oxygen atoms in total. The molecule has 0 heterocycles. The zero-order valence-corrected chi connectivity index (χ0v) is 12.4. The molecule has 1 aliphatic rings. The number of fused-ring (bicyclic) bond motifs is 1. The molecular formula is C12H12N2O4S2. The Morgan fingerprint density at radius 1 is 0.750 bits per heavy atom. The molecule has 0 aromatic heterocycles. The van der Waals surface area contributed by atoms with Crippen molar-refractivity contribution in [3.05, 3.63) is 47.5 Å². The number of nitrogens with zero attached hydrogens (tertiary/aromatic N) is 2. The fraction of sp³-hybridized carbons (Fsp3) is 0.167. The van der Waals surface area contributed by atoms with Crippen LogP contribution < -0.4 is 0 Å². The van der Waals surface area contributed by atoms with Crippen molar-refractivity contribution in [3.8, 4) is 0 Å². The van der Waals surface area contributed by atoms with Crippen LogP contribution in [0.1, 0.15) is 11.1 Å². The number of hydrogen-bond donors (Lipinski definition) is 0. The summed E-state index contributed by atoms with van der Waals surface area (Å²) in [5, 5.41) is 0. The summed E-state index contributed by atoms with van der Waals surface area (Å²) in [6, 6.07) is 6.77. The maximum atomic E-state index is 11.3. The van der Waals surface area contributed by atoms with Crippen LogP contribution in [0.15, 0.2) is 45.2 Å². The number of sulfonamides is 2. The zero-order chi connectivity index (χ0) is 15.0. The Kier molecular flexibility index (Phi) is 3.61. The fourth-order valence-corrected chi connectivity index (χ4v) is 2.82. The van der Waals surface area contributed by atoms with Gasteiger partial charge in [-0.05, 0) is 12.2 Å². The van der Waals surface area contributed by atoms with Gasteiger partial charge >= 0.3 is 0 Å². The van der Waals surface area contributed by atoms with Crippen molar-refractivity contribution in [1.82, 2.24) is 0 Å². The van der Waals surface area contributed by atoms with Gasteiger partial charge in [-0.15, -0.1) is 0 Å². The van der Waals surface area contributed by atoms with Crippen molar-refractivity contribution in [2.45, 2.75) is 0 Å². The van der Waals surface area contributed by atoms with E-state index in [0.717, 1.165) is 12.5 Å². The second-order valence-corrected chi connectivity index (χ2v) is 7.60. The minimum Gasteiger partial charge on any atom is -0.205 e. The quantitative estimate of drug-likeness (QED) is 0.805. The Morgan fingerprint density at radius 3 is 1.40 bits per heavy atom. The highest BCUT2D eigenvalue weighted by molar-refractivity contribution is 7.89. The van der Waals surface area contributed by atoms with Crippen LogP contribution in [0.2, 0.25) is 0 Å². The van der Waals surface area contributed by atoms with Gasteiger partial charge in [0.05, 0.1) is 23.9 Å². The summed E-state index contributed by atoms with van der Waals surface area (Å²) in [5.74, 6) is 0. The first-order valence-electron chi connectivity index (χ1n) is 5.53. The average molecular weight is 312 g/mol. The van der Waals surface area contributed by atoms with Crippen molar-refractivity contribution in [2.24, 2.45) is 8.80 Å². The fourth-order valence-electron chi connectivity index (χ4n) is 1.78. The van der Waals surface area contributed by atoms with Gasteiger partial charge in [-0.2, -0.15) is 8.80 Å². The van der Waals surface area contributed by atoms with Gasteiger partial charge in [-0.1, -0.05) is 24.3 Å². The molecule has 0 bridgehead atoms. The second kappa shape index (κ2) is 4.95. The first-order valence-corrected chi connectivity index (χ1v) is 9.23. The van der Waals surface area contributed by atoms with Crippen LogP contribution in [-0.4, -0.2) is 40.8 Å². The summed E-state index contributed by atoms with van der Waals surface area (Å²) < 4.78 is 52.4. The van der Waals surface area contributed by atoms with Gasteiger partial charge < -0.3 is 0 Å². The summed E-state index contributed by atoms with van der Waals surface area (Å²) in [7, 11) is -7.08. The molecule has 1 aliphatic carbocycles. The Hall–Kier alpha value is -1.80. The van der Waals surface area contributed by atoms with Crippen molar-refractivity contribution in [3.63, 3.8) is 0 Å². The maximum Gasteiger partial charge on any atom is 0.250 e. The molecule has 1 aromatic carbocycles. The lowest BCUT2D eigenvalue weighted by Crippen LogP contribution is -2.15. The number of hydrogen-bond acceptors (Lipinski definition) is 4. The highest BCUT2D eigenvalue weighted by Gasteiger charge is 2.18. The SMILES string of the molecule is CS(=O)(=O)N=C1C=CC(=NS(C)(=O)=O)c2ccccc21. The summed E-state index contributed by atoms with van der Waals surface area (Å²) in [6.45, 7) is 0. The third kappa shape index (κ3) is 3.61. The zero-order valence-electron chi connectivity index (χ0n) is 10.8. The molecule has 0 atom stereocenters. The van der Waals surface area contributed by atoms with Gasteiger partial charge in [0.2, 0.25) is 0 Å². The first-order chi connectivity index (χ1) is 9.16. The largest absolute Gasteiger partial charge is 0.250 e. The molecule has 0 radical (unpaired) electrons. The molecule has 0 N–H and O–H groups in total. The van der Waals surface area contributed by atoms with Gasteiger partial charge in [0.25, 0.3) is 20.0 Å². The summed E-state index contributed by atoms with van der Waals surface area (Å²) in [5.41, 5.74) is 1.58. The van der Waals surface area contributed by atoms with E-state index in [1.165, 1.54) is 12.2 Å². The minimum atomic E-state index is -3.54. The molecule has 20 heavy (non-hydrogen) atoms. The van der Waals surface area contributed by atoms with Crippen molar-refractivity contribution < 1.29 is 16.8 Å². The smallest absolute Gasteiger partial charge is 0.205 e. The van der Waals surface area contributed by atoms with Gasteiger partial charge in [0.15, 0.2) is 0 Å². The van der Waals surface area contributed by atoms with E-state index in [1.54, 1.807) is 24.3 Å². The van der Waals surface area contributed by atoms with E-state index in [-0.39, 0.29) is 11.4 Å². The molecule has 0 spiro atoms. The third-order valence-corrected chi connectivity index (χ3v) is 3.46. The van der Waals surface area contributed by atoms with Crippen molar-refractivity contribution in [2.75, 3.05) is 12.5 Å². The molecule has 1 aromatic rings. The normalized spacial score (nSPS) is 19.3. The topological polar surface area (TPSA) is 93.0 Å². The highest BCUT2D eigenvalue weighted by atomic mass is 32.2. The lowest BCUT2D eigenvalue weighted by atomic mass is 9.94. The van der Waals surface area contributed by atoms with E-state index in [4.69, 9.17) is 0 Å². The Labute approximate surface area is 117 Å². The molecule has 0 saturated heterocycles. The van der Waals surface area contributed by atoms with Crippen LogP contribution in [0.4, 0.5) is 0 Å². The van der Waals surface area contributed by atoms with E-state index >= 15 is 0 Å². The molecule has 2 rings (SSSR count). The molecule has 106 valence electrons. The number of allylic oxidation sites excluding steroid dienone is 2. The maximum absolute atomic E-state index is 11.3. The molecule has 0 fully saturated rings. The van der Waals surface area contributed by atoms with Crippen LogP contribution in [0.3, 0.4) is 0 Å². The Morgan fingerprint density at radius 2 is 1.10 bits per heavy atom. The van der Waals surface area contributed by atoms with Crippen LogP contribution in [-0.2, 0) is 20.0 Å². The predicted molar refractivity (Wildman–Crippen MR) is 78.3 cm³/mol. The second-order valence-electron chi connectivity index (χ2n) is 4.30. The third-order valence-electron chi connectivity index (χ3n) is 2.41.